The van der Waals surface area contributed by atoms with Crippen molar-refractivity contribution in [2.45, 2.75) is 10.5 Å². The molecule has 1 unspecified atom stereocenters. The first-order valence-corrected chi connectivity index (χ1v) is 11.5. The van der Waals surface area contributed by atoms with Crippen LogP contribution in [0.15, 0.2) is 70.2 Å². The van der Waals surface area contributed by atoms with Gasteiger partial charge >= 0.3 is 57.2 Å². The molecule has 0 saturated carbocycles. The van der Waals surface area contributed by atoms with Gasteiger partial charge in [-0.3, -0.25) is 0 Å². The van der Waals surface area contributed by atoms with E-state index in [1.54, 1.807) is 30.3 Å². The molecule has 2 aromatic carbocycles. The number of benzene rings is 2. The molecule has 7 nitrogen and oxygen atoms in total. The van der Waals surface area contributed by atoms with Crippen molar-refractivity contribution in [3.63, 3.8) is 0 Å². The Hall–Kier alpha value is 0.365. The van der Waals surface area contributed by atoms with Gasteiger partial charge in [0.1, 0.15) is 10.6 Å². The molecule has 1 spiro atoms. The van der Waals surface area contributed by atoms with Crippen molar-refractivity contribution in [1.29, 1.82) is 0 Å². The van der Waals surface area contributed by atoms with E-state index in [1.807, 2.05) is 45.2 Å². The summed E-state index contributed by atoms with van der Waals surface area (Å²) >= 11 is 3.75. The van der Waals surface area contributed by atoms with Gasteiger partial charge in [-0.05, 0) is 40.8 Å². The van der Waals surface area contributed by atoms with E-state index in [4.69, 9.17) is 8.92 Å². The van der Waals surface area contributed by atoms with E-state index < -0.39 is 15.7 Å². The maximum Gasteiger partial charge on any atom is 1.00 e. The second-order valence-corrected chi connectivity index (χ2v) is 10.1. The third-order valence-electron chi connectivity index (χ3n) is 4.73. The second-order valence-electron chi connectivity index (χ2n) is 6.28. The Bertz CT molecular complexity index is 1290. The number of hydrogen-bond donors (Lipinski definition) is 0. The van der Waals surface area contributed by atoms with Gasteiger partial charge in [0.2, 0.25) is 0 Å². The van der Waals surface area contributed by atoms with Crippen molar-refractivity contribution in [2.75, 3.05) is 0 Å². The van der Waals surface area contributed by atoms with Gasteiger partial charge < -0.3 is 20.4 Å². The number of halogens is 2. The van der Waals surface area contributed by atoms with Crippen LogP contribution in [0.3, 0.4) is 0 Å². The smallest absolute Gasteiger partial charge is 0.872 e. The minimum atomic E-state index is -4.08. The van der Waals surface area contributed by atoms with Crippen LogP contribution in [0.4, 0.5) is 0 Å². The normalized spacial score (nSPS) is 22.1. The van der Waals surface area contributed by atoms with Gasteiger partial charge in [-0.25, -0.2) is 4.18 Å². The van der Waals surface area contributed by atoms with E-state index in [1.165, 1.54) is 12.1 Å². The summed E-state index contributed by atoms with van der Waals surface area (Å²) in [5.41, 5.74) is 2.20. The van der Waals surface area contributed by atoms with Crippen molar-refractivity contribution in [1.82, 2.24) is 0 Å². The maximum absolute atomic E-state index is 12.8. The fraction of sp³-hybridized carbons (Fsp3) is 0.0526. The zero-order valence-electron chi connectivity index (χ0n) is 15.9. The Morgan fingerprint density at radius 3 is 2.45 bits per heavy atom. The van der Waals surface area contributed by atoms with Crippen LogP contribution >= 0.6 is 45.2 Å². The van der Waals surface area contributed by atoms with Gasteiger partial charge in [0, 0.05) is 20.3 Å². The summed E-state index contributed by atoms with van der Waals surface area (Å²) in [6.07, 6.45) is 1.55. The predicted octanol–water partition coefficient (Wildman–Crippen LogP) is -1.47. The zero-order valence-corrected chi connectivity index (χ0v) is 28.5. The standard InChI is InChI=1S/C19H9I2O6S.Hg.Na.H2O/c20-12-5-10-16(7-14(12)22)26-17-8-15(23)13(21)6-11(17)19(10)9-3-1-2-4-18(9)28(24,25)27-19;;;/h1-7,22-23H;;;1H2/q;2*+1;/p-2. The van der Waals surface area contributed by atoms with Gasteiger partial charge in [-0.1, -0.05) is 64.1 Å². The summed E-state index contributed by atoms with van der Waals surface area (Å²) in [5.74, 6) is -0.480. The Morgan fingerprint density at radius 2 is 1.74 bits per heavy atom. The van der Waals surface area contributed by atoms with Crippen molar-refractivity contribution < 1.29 is 90.3 Å². The Morgan fingerprint density at radius 1 is 1.06 bits per heavy atom. The summed E-state index contributed by atoms with van der Waals surface area (Å²) < 4.78 is 38.0. The molecule has 5 rings (SSSR count). The molecule has 2 N–H and O–H groups in total. The van der Waals surface area contributed by atoms with Crippen LogP contribution in [0, 0.1) is 7.49 Å². The molecule has 2 radical (unpaired) electrons. The topological polar surface area (TPSA) is 130 Å². The summed E-state index contributed by atoms with van der Waals surface area (Å²) in [7, 11) is -4.08. The minimum Gasteiger partial charge on any atom is -0.872 e. The molecule has 3 aliphatic rings. The van der Waals surface area contributed by atoms with Gasteiger partial charge in [0.25, 0.3) is 10.1 Å². The number of hydrogen-bond acceptors (Lipinski definition) is 6. The summed E-state index contributed by atoms with van der Waals surface area (Å²) in [6.45, 7) is 0. The molecule has 1 aliphatic carbocycles. The van der Waals surface area contributed by atoms with Crippen LogP contribution in [0.5, 0.6) is 11.5 Å². The van der Waals surface area contributed by atoms with E-state index in [2.05, 4.69) is 5.73 Å². The van der Waals surface area contributed by atoms with E-state index in [9.17, 15) is 18.6 Å². The Balaban J connectivity index is 0.00000114. The van der Waals surface area contributed by atoms with Crippen molar-refractivity contribution in [3.05, 3.63) is 83.9 Å². The molecule has 0 fully saturated rings. The van der Waals surface area contributed by atoms with Crippen LogP contribution < -0.4 is 44.5 Å². The van der Waals surface area contributed by atoms with E-state index >= 15 is 0 Å². The molecule has 12 heteroatoms. The molecular weight excluding hydrogens is 850 g/mol. The van der Waals surface area contributed by atoms with Crippen LogP contribution in [0.25, 0.3) is 0 Å². The third kappa shape index (κ3) is 4.08. The molecule has 1 atom stereocenters. The maximum atomic E-state index is 12.8. The quantitative estimate of drug-likeness (QED) is 0.138. The van der Waals surface area contributed by atoms with Gasteiger partial charge in [0.05, 0.1) is 3.92 Å². The number of rotatable bonds is 0. The van der Waals surface area contributed by atoms with Crippen molar-refractivity contribution in [2.24, 2.45) is 0 Å². The van der Waals surface area contributed by atoms with Crippen molar-refractivity contribution in [3.8, 4) is 11.5 Å². The molecule has 0 bridgehead atoms. The minimum absolute atomic E-state index is 0. The largest absolute Gasteiger partial charge is 1.00 e. The average molecular weight is 859 g/mol. The molecule has 0 aromatic heterocycles. The number of fused-ring (bicyclic) bond motifs is 6. The molecule has 2 aliphatic heterocycles. The molecular formula is C19H9HgI2NaO7S. The van der Waals surface area contributed by atoms with Gasteiger partial charge in [0.15, 0.2) is 11.4 Å². The Kier molecular flexibility index (Phi) is 8.50. The van der Waals surface area contributed by atoms with Gasteiger partial charge in [-0.2, -0.15) is 8.42 Å². The fourth-order valence-corrected chi connectivity index (χ4v) is 5.92. The fourth-order valence-electron chi connectivity index (χ4n) is 3.59. The summed E-state index contributed by atoms with van der Waals surface area (Å²) in [5, 5.41) is 24.3. The van der Waals surface area contributed by atoms with E-state index in [0.717, 1.165) is 0 Å². The van der Waals surface area contributed by atoms with Crippen LogP contribution in [-0.4, -0.2) is 13.9 Å². The van der Waals surface area contributed by atoms with Crippen molar-refractivity contribution >= 4 is 55.3 Å². The van der Waals surface area contributed by atoms with E-state index in [-0.39, 0.29) is 90.6 Å². The number of ether oxygens (including phenoxy) is 1. The van der Waals surface area contributed by atoms with E-state index in [0.29, 0.717) is 24.2 Å². The third-order valence-corrected chi connectivity index (χ3v) is 7.74. The first kappa shape index (κ1) is 27.6. The zero-order chi connectivity index (χ0) is 19.8. The average Bonchev–Trinajstić information content (AvgIpc) is 2.88. The van der Waals surface area contributed by atoms with Crippen LogP contribution in [-0.2, 0) is 47.6 Å². The monoisotopic (exact) mass is 860 g/mol. The van der Waals surface area contributed by atoms with Gasteiger partial charge in [-0.15, -0.1) is 0 Å². The van der Waals surface area contributed by atoms with Crippen LogP contribution in [0.1, 0.15) is 11.1 Å². The first-order chi connectivity index (χ1) is 13.2. The Labute approximate surface area is 248 Å². The summed E-state index contributed by atoms with van der Waals surface area (Å²) in [6, 6.07) is 9.29. The molecule has 0 saturated heterocycles. The predicted molar refractivity (Wildman–Crippen MR) is 114 cm³/mol. The molecule has 2 heterocycles. The van der Waals surface area contributed by atoms with Crippen LogP contribution in [0.2, 0.25) is 0 Å². The molecule has 2 aromatic rings. The first-order valence-electron chi connectivity index (χ1n) is 7.91. The second kappa shape index (κ2) is 9.55. The summed E-state index contributed by atoms with van der Waals surface area (Å²) in [4.78, 5) is 0.0382. The SMILES string of the molecule is O.O=S1(=O)OC2(C3=C[C](I)C([O-])=C=C3Oc3cc([O-])c(I)cc32)c2ccccc21.[Hg+].[Na+]. The molecule has 0 amide bonds. The molecule has 31 heavy (non-hydrogen) atoms. The molecule has 150 valence electrons.